The van der Waals surface area contributed by atoms with Crippen LogP contribution in [0.1, 0.15) is 5.69 Å². The van der Waals surface area contributed by atoms with Crippen LogP contribution in [-0.2, 0) is 6.61 Å². The lowest BCUT2D eigenvalue weighted by molar-refractivity contribution is 0.277. The highest BCUT2D eigenvalue weighted by atomic mass is 16.3. The molecule has 2 heterocycles. The molecule has 12 heavy (non-hydrogen) atoms. The Morgan fingerprint density at radius 1 is 1.58 bits per heavy atom. The van der Waals surface area contributed by atoms with Gasteiger partial charge in [0.15, 0.2) is 0 Å². The van der Waals surface area contributed by atoms with Gasteiger partial charge in [-0.15, -0.1) is 0 Å². The van der Waals surface area contributed by atoms with Crippen molar-refractivity contribution in [3.63, 3.8) is 0 Å². The Labute approximate surface area is 68.9 Å². The van der Waals surface area contributed by atoms with Gasteiger partial charge in [-0.25, -0.2) is 4.98 Å². The van der Waals surface area contributed by atoms with Crippen LogP contribution >= 0.6 is 0 Å². The first-order valence-electron chi connectivity index (χ1n) is 3.57. The van der Waals surface area contributed by atoms with E-state index >= 15 is 0 Å². The molecule has 0 saturated carbocycles. The normalized spacial score (nSPS) is 10.4. The number of aromatic amines is 1. The van der Waals surface area contributed by atoms with Crippen molar-refractivity contribution < 1.29 is 9.52 Å². The molecule has 0 amide bonds. The maximum absolute atomic E-state index is 8.75. The van der Waals surface area contributed by atoms with Gasteiger partial charge in [-0.3, -0.25) is 0 Å². The number of furan rings is 1. The quantitative estimate of drug-likeness (QED) is 0.700. The molecule has 4 heteroatoms. The number of aliphatic hydroxyl groups excluding tert-OH is 1. The minimum Gasteiger partial charge on any atom is -0.472 e. The minimum atomic E-state index is -0.0230. The molecule has 0 unspecified atom stereocenters. The molecular formula is C8H8N2O2. The Hall–Kier alpha value is -1.55. The first kappa shape index (κ1) is 7.12. The van der Waals surface area contributed by atoms with Gasteiger partial charge in [0.2, 0.25) is 0 Å². The predicted molar refractivity (Wildman–Crippen MR) is 42.2 cm³/mol. The third kappa shape index (κ3) is 1.12. The lowest BCUT2D eigenvalue weighted by atomic mass is 10.3. The maximum Gasteiger partial charge on any atom is 0.140 e. The van der Waals surface area contributed by atoms with Gasteiger partial charge in [-0.05, 0) is 6.07 Å². The number of hydrogen-bond acceptors (Lipinski definition) is 3. The van der Waals surface area contributed by atoms with Crippen molar-refractivity contribution in [1.29, 1.82) is 0 Å². The summed E-state index contributed by atoms with van der Waals surface area (Å²) in [4.78, 5) is 7.00. The van der Waals surface area contributed by atoms with Gasteiger partial charge < -0.3 is 14.5 Å². The fraction of sp³-hybridized carbons (Fsp3) is 0.125. The number of aromatic nitrogens is 2. The third-order valence-electron chi connectivity index (χ3n) is 1.59. The lowest BCUT2D eigenvalue weighted by Crippen LogP contribution is -1.81. The number of imidazole rings is 1. The van der Waals surface area contributed by atoms with E-state index in [2.05, 4.69) is 9.97 Å². The number of nitrogens with zero attached hydrogens (tertiary/aromatic N) is 1. The van der Waals surface area contributed by atoms with Crippen molar-refractivity contribution in [1.82, 2.24) is 9.97 Å². The average Bonchev–Trinajstić information content (AvgIpc) is 2.75. The van der Waals surface area contributed by atoms with E-state index in [1.165, 1.54) is 0 Å². The van der Waals surface area contributed by atoms with Gasteiger partial charge in [-0.1, -0.05) is 0 Å². The van der Waals surface area contributed by atoms with Gasteiger partial charge in [0, 0.05) is 0 Å². The van der Waals surface area contributed by atoms with Crippen LogP contribution in [0.3, 0.4) is 0 Å². The summed E-state index contributed by atoms with van der Waals surface area (Å²) < 4.78 is 4.89. The number of H-pyrrole nitrogens is 1. The van der Waals surface area contributed by atoms with E-state index in [-0.39, 0.29) is 6.61 Å². The molecule has 0 saturated heterocycles. The molecule has 2 aromatic heterocycles. The Bertz CT molecular complexity index is 351. The summed E-state index contributed by atoms with van der Waals surface area (Å²) in [7, 11) is 0. The van der Waals surface area contributed by atoms with E-state index in [0.29, 0.717) is 11.5 Å². The summed E-state index contributed by atoms with van der Waals surface area (Å²) in [6, 6.07) is 1.81. The van der Waals surface area contributed by atoms with Crippen LogP contribution in [0.2, 0.25) is 0 Å². The molecule has 0 bridgehead atoms. The van der Waals surface area contributed by atoms with E-state index in [0.717, 1.165) is 5.56 Å². The van der Waals surface area contributed by atoms with Crippen LogP contribution in [0, 0.1) is 0 Å². The second kappa shape index (κ2) is 2.83. The van der Waals surface area contributed by atoms with E-state index in [4.69, 9.17) is 9.52 Å². The zero-order valence-electron chi connectivity index (χ0n) is 6.32. The molecule has 2 aromatic rings. The molecule has 2 rings (SSSR count). The molecule has 0 aromatic carbocycles. The number of aliphatic hydroxyl groups is 1. The molecule has 0 aliphatic carbocycles. The fourth-order valence-corrected chi connectivity index (χ4v) is 0.985. The van der Waals surface area contributed by atoms with Crippen LogP contribution in [0.15, 0.2) is 29.2 Å². The SMILES string of the molecule is OCc1cnc(-c2ccoc2)[nH]1. The highest BCUT2D eigenvalue weighted by molar-refractivity contribution is 5.52. The summed E-state index contributed by atoms with van der Waals surface area (Å²) in [5.41, 5.74) is 1.58. The lowest BCUT2D eigenvalue weighted by Gasteiger charge is -1.87. The van der Waals surface area contributed by atoms with Gasteiger partial charge in [0.05, 0.1) is 30.3 Å². The highest BCUT2D eigenvalue weighted by Crippen LogP contribution is 2.15. The second-order valence-electron chi connectivity index (χ2n) is 2.43. The van der Waals surface area contributed by atoms with Gasteiger partial charge in [0.25, 0.3) is 0 Å². The molecule has 62 valence electrons. The highest BCUT2D eigenvalue weighted by Gasteiger charge is 2.02. The number of nitrogens with one attached hydrogen (secondary N) is 1. The standard InChI is InChI=1S/C8H8N2O2/c11-4-7-3-9-8(10-7)6-1-2-12-5-6/h1-3,5,11H,4H2,(H,9,10). The predicted octanol–water partition coefficient (Wildman–Crippen LogP) is 1.16. The summed E-state index contributed by atoms with van der Waals surface area (Å²) in [5.74, 6) is 0.716. The molecule has 0 radical (unpaired) electrons. The van der Waals surface area contributed by atoms with E-state index in [9.17, 15) is 0 Å². The van der Waals surface area contributed by atoms with E-state index in [1.54, 1.807) is 24.8 Å². The van der Waals surface area contributed by atoms with Crippen LogP contribution < -0.4 is 0 Å². The molecule has 0 atom stereocenters. The number of hydrogen-bond donors (Lipinski definition) is 2. The topological polar surface area (TPSA) is 62.1 Å². The molecule has 2 N–H and O–H groups in total. The van der Waals surface area contributed by atoms with Gasteiger partial charge in [0.1, 0.15) is 12.1 Å². The Morgan fingerprint density at radius 2 is 2.50 bits per heavy atom. The van der Waals surface area contributed by atoms with Gasteiger partial charge >= 0.3 is 0 Å². The van der Waals surface area contributed by atoms with Crippen molar-refractivity contribution in [2.75, 3.05) is 0 Å². The van der Waals surface area contributed by atoms with Crippen molar-refractivity contribution in [2.24, 2.45) is 0 Å². The Morgan fingerprint density at radius 3 is 3.08 bits per heavy atom. The Kier molecular flexibility index (Phi) is 1.68. The maximum atomic E-state index is 8.75. The Balaban J connectivity index is 2.35. The first-order chi connectivity index (χ1) is 5.90. The zero-order valence-corrected chi connectivity index (χ0v) is 6.32. The zero-order chi connectivity index (χ0) is 8.39. The summed E-state index contributed by atoms with van der Waals surface area (Å²) in [6.07, 6.45) is 4.78. The summed E-state index contributed by atoms with van der Waals surface area (Å²) >= 11 is 0. The third-order valence-corrected chi connectivity index (χ3v) is 1.59. The molecule has 0 aliphatic rings. The summed E-state index contributed by atoms with van der Waals surface area (Å²) in [5, 5.41) is 8.75. The monoisotopic (exact) mass is 164 g/mol. The number of rotatable bonds is 2. The van der Waals surface area contributed by atoms with Crippen molar-refractivity contribution >= 4 is 0 Å². The minimum absolute atomic E-state index is 0.0230. The van der Waals surface area contributed by atoms with Crippen LogP contribution in [0.5, 0.6) is 0 Å². The fourth-order valence-electron chi connectivity index (χ4n) is 0.985. The molecule has 0 fully saturated rings. The largest absolute Gasteiger partial charge is 0.472 e. The average molecular weight is 164 g/mol. The molecule has 0 spiro atoms. The van der Waals surface area contributed by atoms with Crippen LogP contribution in [0.25, 0.3) is 11.4 Å². The smallest absolute Gasteiger partial charge is 0.140 e. The van der Waals surface area contributed by atoms with E-state index < -0.39 is 0 Å². The van der Waals surface area contributed by atoms with Crippen molar-refractivity contribution in [2.45, 2.75) is 6.61 Å². The molecule has 4 nitrogen and oxygen atoms in total. The van der Waals surface area contributed by atoms with Crippen LogP contribution in [0.4, 0.5) is 0 Å². The van der Waals surface area contributed by atoms with Crippen molar-refractivity contribution in [3.05, 3.63) is 30.5 Å². The van der Waals surface area contributed by atoms with E-state index in [1.807, 2.05) is 0 Å². The van der Waals surface area contributed by atoms with Crippen LogP contribution in [-0.4, -0.2) is 15.1 Å². The second-order valence-corrected chi connectivity index (χ2v) is 2.43. The van der Waals surface area contributed by atoms with Crippen molar-refractivity contribution in [3.8, 4) is 11.4 Å². The van der Waals surface area contributed by atoms with Gasteiger partial charge in [-0.2, -0.15) is 0 Å². The molecular weight excluding hydrogens is 156 g/mol. The first-order valence-corrected chi connectivity index (χ1v) is 3.57. The summed E-state index contributed by atoms with van der Waals surface area (Å²) in [6.45, 7) is -0.0230. The molecule has 0 aliphatic heterocycles.